The van der Waals surface area contributed by atoms with E-state index in [9.17, 15) is 8.78 Å². The van der Waals surface area contributed by atoms with E-state index in [-0.39, 0.29) is 11.9 Å². The van der Waals surface area contributed by atoms with Gasteiger partial charge in [-0.3, -0.25) is 0 Å². The van der Waals surface area contributed by atoms with Gasteiger partial charge in [0.1, 0.15) is 11.4 Å². The third-order valence-corrected chi connectivity index (χ3v) is 1.88. The van der Waals surface area contributed by atoms with Gasteiger partial charge in [0, 0.05) is 12.1 Å². The molecule has 1 aromatic rings. The zero-order chi connectivity index (χ0) is 9.42. The van der Waals surface area contributed by atoms with Crippen molar-refractivity contribution in [3.05, 3.63) is 23.8 Å². The summed E-state index contributed by atoms with van der Waals surface area (Å²) in [6.07, 6.45) is 2.03. The van der Waals surface area contributed by atoms with Crippen LogP contribution in [0.1, 0.15) is 12.8 Å². The van der Waals surface area contributed by atoms with Crippen molar-refractivity contribution in [3.63, 3.8) is 0 Å². The minimum atomic E-state index is -0.768. The van der Waals surface area contributed by atoms with Crippen LogP contribution in [-0.4, -0.2) is 6.10 Å². The van der Waals surface area contributed by atoms with Crippen LogP contribution in [-0.2, 0) is 0 Å². The molecule has 2 nitrogen and oxygen atoms in total. The molecule has 0 spiro atoms. The van der Waals surface area contributed by atoms with Gasteiger partial charge in [-0.1, -0.05) is 0 Å². The fraction of sp³-hybridized carbons (Fsp3) is 0.333. The zero-order valence-corrected chi connectivity index (χ0v) is 6.89. The van der Waals surface area contributed by atoms with Gasteiger partial charge < -0.3 is 10.5 Å². The lowest BCUT2D eigenvalue weighted by Crippen LogP contribution is -2.00. The molecular weight excluding hydrogens is 176 g/mol. The maximum absolute atomic E-state index is 12.9. The predicted molar refractivity (Wildman–Crippen MR) is 44.4 cm³/mol. The Labute approximate surface area is 74.3 Å². The van der Waals surface area contributed by atoms with Crippen LogP contribution in [0.3, 0.4) is 0 Å². The lowest BCUT2D eigenvalue weighted by molar-refractivity contribution is 0.300. The molecule has 0 aromatic heterocycles. The minimum Gasteiger partial charge on any atom is -0.490 e. The standard InChI is InChI=1S/C9H9F2NO/c10-7-3-6(13-5-1-2-5)4-8(11)9(7)12/h3-5H,1-2,12H2. The van der Waals surface area contributed by atoms with E-state index in [1.165, 1.54) is 0 Å². The Bertz CT molecular complexity index is 313. The van der Waals surface area contributed by atoms with Crippen LogP contribution in [0.4, 0.5) is 14.5 Å². The maximum atomic E-state index is 12.9. The topological polar surface area (TPSA) is 35.2 Å². The molecule has 1 aromatic carbocycles. The van der Waals surface area contributed by atoms with E-state index in [0.717, 1.165) is 25.0 Å². The molecule has 70 valence electrons. The molecule has 0 unspecified atom stereocenters. The Balaban J connectivity index is 2.25. The van der Waals surface area contributed by atoms with Crippen LogP contribution < -0.4 is 10.5 Å². The molecule has 13 heavy (non-hydrogen) atoms. The number of ether oxygens (including phenoxy) is 1. The highest BCUT2D eigenvalue weighted by Gasteiger charge is 2.24. The number of nitrogen functional groups attached to an aromatic ring is 1. The van der Waals surface area contributed by atoms with Crippen molar-refractivity contribution >= 4 is 5.69 Å². The molecule has 0 heterocycles. The summed E-state index contributed by atoms with van der Waals surface area (Å²) < 4.78 is 30.9. The van der Waals surface area contributed by atoms with E-state index in [4.69, 9.17) is 10.5 Å². The molecule has 0 bridgehead atoms. The Morgan fingerprint density at radius 2 is 1.77 bits per heavy atom. The first kappa shape index (κ1) is 8.29. The van der Waals surface area contributed by atoms with Crippen LogP contribution in [0.25, 0.3) is 0 Å². The smallest absolute Gasteiger partial charge is 0.152 e. The van der Waals surface area contributed by atoms with Crippen LogP contribution in [0.15, 0.2) is 12.1 Å². The fourth-order valence-electron chi connectivity index (χ4n) is 1.01. The third-order valence-electron chi connectivity index (χ3n) is 1.88. The number of halogens is 2. The maximum Gasteiger partial charge on any atom is 0.152 e. The molecule has 2 rings (SSSR count). The van der Waals surface area contributed by atoms with E-state index in [0.29, 0.717) is 0 Å². The first-order chi connectivity index (χ1) is 6.16. The second-order valence-corrected chi connectivity index (χ2v) is 3.12. The van der Waals surface area contributed by atoms with Gasteiger partial charge in [-0.25, -0.2) is 8.78 Å². The van der Waals surface area contributed by atoms with Crippen LogP contribution in [0.2, 0.25) is 0 Å². The first-order valence-electron chi connectivity index (χ1n) is 4.08. The van der Waals surface area contributed by atoms with Gasteiger partial charge in [0.15, 0.2) is 11.6 Å². The van der Waals surface area contributed by atoms with Crippen molar-refractivity contribution in [2.45, 2.75) is 18.9 Å². The molecule has 1 aliphatic rings. The summed E-state index contributed by atoms with van der Waals surface area (Å²) in [4.78, 5) is 0. The Hall–Kier alpha value is -1.32. The number of hydrogen-bond acceptors (Lipinski definition) is 2. The van der Waals surface area contributed by atoms with Gasteiger partial charge in [0.25, 0.3) is 0 Å². The van der Waals surface area contributed by atoms with Crippen LogP contribution in [0.5, 0.6) is 5.75 Å². The molecule has 2 N–H and O–H groups in total. The fourth-order valence-corrected chi connectivity index (χ4v) is 1.01. The molecule has 0 radical (unpaired) electrons. The Kier molecular flexibility index (Phi) is 1.83. The molecule has 1 saturated carbocycles. The predicted octanol–water partition coefficient (Wildman–Crippen LogP) is 2.09. The van der Waals surface area contributed by atoms with Crippen molar-refractivity contribution in [2.75, 3.05) is 5.73 Å². The average Bonchev–Trinajstić information content (AvgIpc) is 2.84. The second kappa shape index (κ2) is 2.87. The molecule has 4 heteroatoms. The molecule has 1 fully saturated rings. The van der Waals surface area contributed by atoms with E-state index >= 15 is 0 Å². The van der Waals surface area contributed by atoms with Gasteiger partial charge in [-0.05, 0) is 12.8 Å². The molecule has 0 amide bonds. The van der Waals surface area contributed by atoms with E-state index < -0.39 is 17.3 Å². The normalized spacial score (nSPS) is 15.8. The van der Waals surface area contributed by atoms with E-state index in [2.05, 4.69) is 0 Å². The van der Waals surface area contributed by atoms with Crippen LogP contribution >= 0.6 is 0 Å². The first-order valence-corrected chi connectivity index (χ1v) is 4.08. The van der Waals surface area contributed by atoms with E-state index in [1.807, 2.05) is 0 Å². The number of anilines is 1. The summed E-state index contributed by atoms with van der Waals surface area (Å²) in [6, 6.07) is 2.22. The van der Waals surface area contributed by atoms with Crippen molar-refractivity contribution in [3.8, 4) is 5.75 Å². The van der Waals surface area contributed by atoms with Crippen molar-refractivity contribution in [1.29, 1.82) is 0 Å². The summed E-state index contributed by atoms with van der Waals surface area (Å²) in [7, 11) is 0. The van der Waals surface area contributed by atoms with Crippen molar-refractivity contribution in [2.24, 2.45) is 0 Å². The number of benzene rings is 1. The van der Waals surface area contributed by atoms with Gasteiger partial charge in [0.2, 0.25) is 0 Å². The third kappa shape index (κ3) is 1.71. The van der Waals surface area contributed by atoms with Crippen molar-refractivity contribution in [1.82, 2.24) is 0 Å². The SMILES string of the molecule is Nc1c(F)cc(OC2CC2)cc1F. The molecule has 0 aliphatic heterocycles. The summed E-state index contributed by atoms with van der Waals surface area (Å²) in [5.41, 5.74) is 4.64. The number of rotatable bonds is 2. The van der Waals surface area contributed by atoms with E-state index in [1.54, 1.807) is 0 Å². The lowest BCUT2D eigenvalue weighted by Gasteiger charge is -2.05. The molecular formula is C9H9F2NO. The van der Waals surface area contributed by atoms with Crippen molar-refractivity contribution < 1.29 is 13.5 Å². The zero-order valence-electron chi connectivity index (χ0n) is 6.89. The quantitative estimate of drug-likeness (QED) is 0.716. The Morgan fingerprint density at radius 1 is 1.23 bits per heavy atom. The Morgan fingerprint density at radius 3 is 2.23 bits per heavy atom. The summed E-state index contributed by atoms with van der Waals surface area (Å²) >= 11 is 0. The van der Waals surface area contributed by atoms with Gasteiger partial charge in [-0.15, -0.1) is 0 Å². The second-order valence-electron chi connectivity index (χ2n) is 3.12. The summed E-state index contributed by atoms with van der Waals surface area (Å²) in [6.45, 7) is 0. The van der Waals surface area contributed by atoms with Gasteiger partial charge in [-0.2, -0.15) is 0 Å². The number of hydrogen-bond donors (Lipinski definition) is 1. The largest absolute Gasteiger partial charge is 0.490 e. The highest BCUT2D eigenvalue weighted by atomic mass is 19.1. The highest BCUT2D eigenvalue weighted by Crippen LogP contribution is 2.29. The average molecular weight is 185 g/mol. The lowest BCUT2D eigenvalue weighted by atomic mass is 10.3. The monoisotopic (exact) mass is 185 g/mol. The van der Waals surface area contributed by atoms with Gasteiger partial charge >= 0.3 is 0 Å². The summed E-state index contributed by atoms with van der Waals surface area (Å²) in [5, 5.41) is 0. The molecule has 0 atom stereocenters. The van der Waals surface area contributed by atoms with Gasteiger partial charge in [0.05, 0.1) is 6.10 Å². The highest BCUT2D eigenvalue weighted by molar-refractivity contribution is 5.45. The van der Waals surface area contributed by atoms with Crippen LogP contribution in [0, 0.1) is 11.6 Å². The summed E-state index contributed by atoms with van der Waals surface area (Å²) in [5.74, 6) is -1.32. The molecule has 1 aliphatic carbocycles. The number of nitrogens with two attached hydrogens (primary N) is 1. The molecule has 0 saturated heterocycles. The minimum absolute atomic E-state index is 0.127.